The first-order valence-corrected chi connectivity index (χ1v) is 11.4. The molecule has 156 valence electrons. The van der Waals surface area contributed by atoms with E-state index in [1.54, 1.807) is 17.0 Å². The van der Waals surface area contributed by atoms with E-state index >= 15 is 0 Å². The van der Waals surface area contributed by atoms with Crippen molar-refractivity contribution in [3.63, 3.8) is 0 Å². The van der Waals surface area contributed by atoms with Crippen LogP contribution in [0.3, 0.4) is 0 Å². The number of para-hydroxylation sites is 1. The Balaban J connectivity index is 1.08. The molecule has 4 bridgehead atoms. The predicted molar refractivity (Wildman–Crippen MR) is 110 cm³/mol. The van der Waals surface area contributed by atoms with Crippen LogP contribution in [-0.2, 0) is 4.79 Å². The highest BCUT2D eigenvalue weighted by Gasteiger charge is 2.54. The van der Waals surface area contributed by atoms with Gasteiger partial charge in [-0.2, -0.15) is 0 Å². The van der Waals surface area contributed by atoms with Crippen LogP contribution in [0.4, 0.5) is 4.79 Å². The molecule has 1 heterocycles. The van der Waals surface area contributed by atoms with E-state index in [4.69, 9.17) is 4.74 Å². The first kappa shape index (κ1) is 19.0. The number of amides is 2. The van der Waals surface area contributed by atoms with Crippen LogP contribution in [0.1, 0.15) is 51.4 Å². The summed E-state index contributed by atoms with van der Waals surface area (Å²) in [6.45, 7) is 2.15. The summed E-state index contributed by atoms with van der Waals surface area (Å²) in [6.07, 6.45) is 9.03. The van der Waals surface area contributed by atoms with Gasteiger partial charge in [0.1, 0.15) is 5.75 Å². The molecule has 2 amide bonds. The minimum atomic E-state index is -0.271. The molecule has 6 rings (SSSR count). The number of carbonyl (C=O) groups excluding carboxylic acids is 2. The van der Waals surface area contributed by atoms with Crippen LogP contribution >= 0.6 is 0 Å². The van der Waals surface area contributed by atoms with Crippen molar-refractivity contribution in [2.75, 3.05) is 19.6 Å². The Kier molecular flexibility index (Phi) is 5.00. The minimum absolute atomic E-state index is 0.0606. The largest absolute Gasteiger partial charge is 0.415 e. The van der Waals surface area contributed by atoms with Gasteiger partial charge in [0, 0.05) is 25.0 Å². The number of carbonyl (C=O) groups is 2. The molecule has 0 aromatic heterocycles. The van der Waals surface area contributed by atoms with Gasteiger partial charge in [0.2, 0.25) is 5.91 Å². The van der Waals surface area contributed by atoms with Crippen LogP contribution in [0.25, 0.3) is 0 Å². The summed E-state index contributed by atoms with van der Waals surface area (Å²) >= 11 is 0. The van der Waals surface area contributed by atoms with Gasteiger partial charge >= 0.3 is 6.09 Å². The van der Waals surface area contributed by atoms with Gasteiger partial charge < -0.3 is 15.0 Å². The zero-order valence-corrected chi connectivity index (χ0v) is 17.1. The third-order valence-electron chi connectivity index (χ3n) is 7.89. The van der Waals surface area contributed by atoms with E-state index < -0.39 is 0 Å². The summed E-state index contributed by atoms with van der Waals surface area (Å²) in [7, 11) is 0. The van der Waals surface area contributed by atoms with Crippen LogP contribution in [0.15, 0.2) is 30.3 Å². The standard InChI is InChI=1S/C24H32N2O3/c27-22(24-13-18-10-19(14-24)12-20(11-18)15-24)25-16-17-6-8-26(9-7-17)23(28)29-21-4-2-1-3-5-21/h1-5,17-20H,6-16H2,(H,25,27). The maximum Gasteiger partial charge on any atom is 0.415 e. The predicted octanol–water partition coefficient (Wildman–Crippen LogP) is 4.23. The number of likely N-dealkylation sites (tertiary alicyclic amines) is 1. The molecule has 29 heavy (non-hydrogen) atoms. The maximum atomic E-state index is 13.1. The molecule has 1 aromatic carbocycles. The van der Waals surface area contributed by atoms with Crippen molar-refractivity contribution in [1.82, 2.24) is 10.2 Å². The Hall–Kier alpha value is -2.04. The molecule has 0 radical (unpaired) electrons. The lowest BCUT2D eigenvalue weighted by Crippen LogP contribution is -2.54. The summed E-state index contributed by atoms with van der Waals surface area (Å²) in [6, 6.07) is 9.22. The SMILES string of the molecule is O=C(Oc1ccccc1)N1CCC(CNC(=O)C23CC4CC(CC(C4)C2)C3)CC1. The molecule has 4 saturated carbocycles. The summed E-state index contributed by atoms with van der Waals surface area (Å²) in [5, 5.41) is 3.32. The topological polar surface area (TPSA) is 58.6 Å². The highest BCUT2D eigenvalue weighted by Crippen LogP contribution is 2.60. The average Bonchev–Trinajstić information content (AvgIpc) is 2.72. The van der Waals surface area contributed by atoms with E-state index in [1.807, 2.05) is 18.2 Å². The molecule has 5 nitrogen and oxygen atoms in total. The number of nitrogens with zero attached hydrogens (tertiary/aromatic N) is 1. The van der Waals surface area contributed by atoms with E-state index in [0.29, 0.717) is 30.7 Å². The van der Waals surface area contributed by atoms with Gasteiger partial charge in [-0.1, -0.05) is 18.2 Å². The molecule has 1 aromatic rings. The molecule has 0 atom stereocenters. The maximum absolute atomic E-state index is 13.1. The molecule has 0 unspecified atom stereocenters. The highest BCUT2D eigenvalue weighted by atomic mass is 16.6. The van der Waals surface area contributed by atoms with Crippen LogP contribution in [0.5, 0.6) is 5.75 Å². The fourth-order valence-electron chi connectivity index (χ4n) is 6.79. The number of hydrogen-bond acceptors (Lipinski definition) is 3. The molecule has 5 heteroatoms. The second-order valence-corrected chi connectivity index (χ2v) is 10.0. The molecule has 5 fully saturated rings. The van der Waals surface area contributed by atoms with Crippen molar-refractivity contribution in [1.29, 1.82) is 0 Å². The van der Waals surface area contributed by atoms with Crippen molar-refractivity contribution in [2.45, 2.75) is 51.4 Å². The van der Waals surface area contributed by atoms with E-state index in [1.165, 1.54) is 19.3 Å². The summed E-state index contributed by atoms with van der Waals surface area (Å²) < 4.78 is 5.44. The highest BCUT2D eigenvalue weighted by molar-refractivity contribution is 5.83. The zero-order valence-electron chi connectivity index (χ0n) is 17.1. The Morgan fingerprint density at radius 2 is 1.55 bits per heavy atom. The number of ether oxygens (including phenoxy) is 1. The summed E-state index contributed by atoms with van der Waals surface area (Å²) in [5.41, 5.74) is -0.0606. The zero-order chi connectivity index (χ0) is 19.8. The van der Waals surface area contributed by atoms with Crippen LogP contribution in [0.2, 0.25) is 0 Å². The molecular weight excluding hydrogens is 364 g/mol. The molecule has 1 aliphatic heterocycles. The van der Waals surface area contributed by atoms with Gasteiger partial charge in [0.15, 0.2) is 0 Å². The van der Waals surface area contributed by atoms with Crippen LogP contribution < -0.4 is 10.1 Å². The summed E-state index contributed by atoms with van der Waals surface area (Å²) in [4.78, 5) is 27.2. The number of nitrogens with one attached hydrogen (secondary N) is 1. The van der Waals surface area contributed by atoms with Crippen LogP contribution in [-0.4, -0.2) is 36.5 Å². The molecule has 1 saturated heterocycles. The third kappa shape index (κ3) is 3.88. The second kappa shape index (κ2) is 7.66. The van der Waals surface area contributed by atoms with E-state index in [-0.39, 0.29) is 11.5 Å². The molecule has 0 spiro atoms. The lowest BCUT2D eigenvalue weighted by atomic mass is 9.49. The fraction of sp³-hybridized carbons (Fsp3) is 0.667. The van der Waals surface area contributed by atoms with E-state index in [9.17, 15) is 9.59 Å². The molecule has 4 aliphatic carbocycles. The van der Waals surface area contributed by atoms with Gasteiger partial charge in [-0.15, -0.1) is 0 Å². The second-order valence-electron chi connectivity index (χ2n) is 10.0. The van der Waals surface area contributed by atoms with Gasteiger partial charge in [0.25, 0.3) is 0 Å². The smallest absolute Gasteiger partial charge is 0.410 e. The monoisotopic (exact) mass is 396 g/mol. The molecule has 5 aliphatic rings. The van der Waals surface area contributed by atoms with Crippen molar-refractivity contribution in [2.24, 2.45) is 29.1 Å². The first-order valence-electron chi connectivity index (χ1n) is 11.4. The van der Waals surface area contributed by atoms with Crippen molar-refractivity contribution >= 4 is 12.0 Å². The van der Waals surface area contributed by atoms with Crippen molar-refractivity contribution < 1.29 is 14.3 Å². The molecular formula is C24H32N2O3. The Morgan fingerprint density at radius 1 is 0.966 bits per heavy atom. The number of rotatable bonds is 4. The van der Waals surface area contributed by atoms with Gasteiger partial charge in [-0.25, -0.2) is 4.79 Å². The fourth-order valence-corrected chi connectivity index (χ4v) is 6.79. The molecule has 1 N–H and O–H groups in total. The van der Waals surface area contributed by atoms with E-state index in [2.05, 4.69) is 5.32 Å². The Bertz CT molecular complexity index is 719. The Morgan fingerprint density at radius 3 is 2.14 bits per heavy atom. The van der Waals surface area contributed by atoms with Gasteiger partial charge in [-0.3, -0.25) is 4.79 Å². The Labute approximate surface area is 173 Å². The number of benzene rings is 1. The van der Waals surface area contributed by atoms with Crippen LogP contribution in [0, 0.1) is 29.1 Å². The normalized spacial score (nSPS) is 33.5. The minimum Gasteiger partial charge on any atom is -0.410 e. The van der Waals surface area contributed by atoms with Gasteiger partial charge in [0.05, 0.1) is 0 Å². The first-order chi connectivity index (χ1) is 14.1. The lowest BCUT2D eigenvalue weighted by Gasteiger charge is -2.55. The van der Waals surface area contributed by atoms with E-state index in [0.717, 1.165) is 56.4 Å². The number of hydrogen-bond donors (Lipinski definition) is 1. The van der Waals surface area contributed by atoms with Crippen molar-refractivity contribution in [3.05, 3.63) is 30.3 Å². The van der Waals surface area contributed by atoms with Crippen molar-refractivity contribution in [3.8, 4) is 5.75 Å². The lowest BCUT2D eigenvalue weighted by molar-refractivity contribution is -0.146. The number of piperidine rings is 1. The average molecular weight is 397 g/mol. The van der Waals surface area contributed by atoms with Gasteiger partial charge in [-0.05, 0) is 87.2 Å². The third-order valence-corrected chi connectivity index (χ3v) is 7.89. The quantitative estimate of drug-likeness (QED) is 0.829. The summed E-state index contributed by atoms with van der Waals surface area (Å²) in [5.74, 6) is 3.75.